The van der Waals surface area contributed by atoms with Gasteiger partial charge in [-0.15, -0.1) is 0 Å². The van der Waals surface area contributed by atoms with Gasteiger partial charge in [0.25, 0.3) is 0 Å². The van der Waals surface area contributed by atoms with E-state index in [1.807, 2.05) is 43.3 Å². The molecule has 0 fully saturated rings. The summed E-state index contributed by atoms with van der Waals surface area (Å²) in [6.07, 6.45) is 0. The van der Waals surface area contributed by atoms with E-state index >= 15 is 0 Å². The van der Waals surface area contributed by atoms with Crippen molar-refractivity contribution in [3.8, 4) is 0 Å². The summed E-state index contributed by atoms with van der Waals surface area (Å²) >= 11 is 9.17. The first-order valence-electron chi connectivity index (χ1n) is 6.13. The van der Waals surface area contributed by atoms with Gasteiger partial charge >= 0.3 is 0 Å². The predicted octanol–water partition coefficient (Wildman–Crippen LogP) is 4.54. The quantitative estimate of drug-likeness (QED) is 0.847. The fourth-order valence-corrected chi connectivity index (χ4v) is 2.04. The van der Waals surface area contributed by atoms with Gasteiger partial charge in [0.1, 0.15) is 6.04 Å². The van der Waals surface area contributed by atoms with E-state index in [1.165, 1.54) is 0 Å². The second-order valence-electron chi connectivity index (χ2n) is 4.37. The van der Waals surface area contributed by atoms with Crippen molar-refractivity contribution in [2.75, 3.05) is 10.6 Å². The third kappa shape index (κ3) is 4.25. The first-order chi connectivity index (χ1) is 9.54. The molecule has 1 amide bonds. The van der Waals surface area contributed by atoms with Crippen LogP contribution in [-0.4, -0.2) is 11.9 Å². The highest BCUT2D eigenvalue weighted by Gasteiger charge is 2.12. The minimum Gasteiger partial charge on any atom is -0.374 e. The molecular weight excluding hydrogens is 340 g/mol. The van der Waals surface area contributed by atoms with Crippen molar-refractivity contribution in [2.24, 2.45) is 0 Å². The SMILES string of the molecule is C[C@H](Nc1ccc(Cl)cc1)C(=O)Nc1ccc(Br)cc1. The standard InChI is InChI=1S/C15H14BrClN2O/c1-10(18-13-8-4-12(17)5-9-13)15(20)19-14-6-2-11(16)3-7-14/h2-10,18H,1H3,(H,19,20)/t10-/m0/s1. The number of nitrogens with one attached hydrogen (secondary N) is 2. The van der Waals surface area contributed by atoms with E-state index in [4.69, 9.17) is 11.6 Å². The number of benzene rings is 2. The number of carbonyl (C=O) groups is 1. The Hall–Kier alpha value is -1.52. The molecule has 0 spiro atoms. The molecule has 0 saturated heterocycles. The van der Waals surface area contributed by atoms with Gasteiger partial charge < -0.3 is 10.6 Å². The molecule has 0 aliphatic carbocycles. The van der Waals surface area contributed by atoms with E-state index in [1.54, 1.807) is 12.1 Å². The highest BCUT2D eigenvalue weighted by molar-refractivity contribution is 9.10. The number of halogens is 2. The normalized spacial score (nSPS) is 11.8. The van der Waals surface area contributed by atoms with Crippen LogP contribution in [0.5, 0.6) is 0 Å². The summed E-state index contributed by atoms with van der Waals surface area (Å²) < 4.78 is 0.975. The average molecular weight is 354 g/mol. The van der Waals surface area contributed by atoms with Gasteiger partial charge in [-0.3, -0.25) is 4.79 Å². The maximum absolute atomic E-state index is 12.1. The summed E-state index contributed by atoms with van der Waals surface area (Å²) in [5.74, 6) is -0.0951. The van der Waals surface area contributed by atoms with E-state index in [2.05, 4.69) is 26.6 Å². The molecule has 3 nitrogen and oxygen atoms in total. The first-order valence-corrected chi connectivity index (χ1v) is 7.30. The van der Waals surface area contributed by atoms with Gasteiger partial charge in [-0.25, -0.2) is 0 Å². The summed E-state index contributed by atoms with van der Waals surface area (Å²) in [7, 11) is 0. The van der Waals surface area contributed by atoms with Crippen LogP contribution in [0.3, 0.4) is 0 Å². The molecule has 0 radical (unpaired) electrons. The smallest absolute Gasteiger partial charge is 0.246 e. The van der Waals surface area contributed by atoms with E-state index in [9.17, 15) is 4.79 Å². The Bertz CT molecular complexity index is 584. The Morgan fingerprint density at radius 1 is 1.05 bits per heavy atom. The van der Waals surface area contributed by atoms with E-state index in [-0.39, 0.29) is 11.9 Å². The third-order valence-electron chi connectivity index (χ3n) is 2.73. The van der Waals surface area contributed by atoms with Gasteiger partial charge in [-0.2, -0.15) is 0 Å². The molecule has 104 valence electrons. The van der Waals surface area contributed by atoms with Gasteiger partial charge in [0.15, 0.2) is 0 Å². The minimum absolute atomic E-state index is 0.0951. The molecule has 0 aromatic heterocycles. The van der Waals surface area contributed by atoms with Crippen molar-refractivity contribution < 1.29 is 4.79 Å². The highest BCUT2D eigenvalue weighted by atomic mass is 79.9. The lowest BCUT2D eigenvalue weighted by Crippen LogP contribution is -2.31. The fourth-order valence-electron chi connectivity index (χ4n) is 1.65. The number of amides is 1. The molecule has 0 aliphatic heterocycles. The molecule has 1 atom stereocenters. The average Bonchev–Trinajstić information content (AvgIpc) is 2.44. The summed E-state index contributed by atoms with van der Waals surface area (Å²) in [6, 6.07) is 14.3. The molecule has 0 aliphatic rings. The second kappa shape index (κ2) is 6.77. The van der Waals surface area contributed by atoms with Crippen molar-refractivity contribution in [2.45, 2.75) is 13.0 Å². The lowest BCUT2D eigenvalue weighted by Gasteiger charge is -2.15. The summed E-state index contributed by atoms with van der Waals surface area (Å²) in [5, 5.41) is 6.64. The zero-order valence-electron chi connectivity index (χ0n) is 10.9. The third-order valence-corrected chi connectivity index (χ3v) is 3.51. The highest BCUT2D eigenvalue weighted by Crippen LogP contribution is 2.16. The molecule has 5 heteroatoms. The molecule has 2 N–H and O–H groups in total. The Morgan fingerprint density at radius 2 is 1.60 bits per heavy atom. The van der Waals surface area contributed by atoms with E-state index in [0.717, 1.165) is 15.8 Å². The molecular formula is C15H14BrClN2O. The molecule has 0 bridgehead atoms. The van der Waals surface area contributed by atoms with Crippen LogP contribution in [0.15, 0.2) is 53.0 Å². The first kappa shape index (κ1) is 14.9. The summed E-state index contributed by atoms with van der Waals surface area (Å²) in [6.45, 7) is 1.81. The molecule has 2 aromatic carbocycles. The maximum atomic E-state index is 12.1. The maximum Gasteiger partial charge on any atom is 0.246 e. The molecule has 2 rings (SSSR count). The van der Waals surface area contributed by atoms with Crippen LogP contribution < -0.4 is 10.6 Å². The second-order valence-corrected chi connectivity index (χ2v) is 5.72. The van der Waals surface area contributed by atoms with Crippen molar-refractivity contribution in [3.05, 3.63) is 58.0 Å². The van der Waals surface area contributed by atoms with Crippen molar-refractivity contribution in [1.29, 1.82) is 0 Å². The topological polar surface area (TPSA) is 41.1 Å². The lowest BCUT2D eigenvalue weighted by molar-refractivity contribution is -0.116. The van der Waals surface area contributed by atoms with Crippen LogP contribution in [0.25, 0.3) is 0 Å². The van der Waals surface area contributed by atoms with Crippen LogP contribution in [0.4, 0.5) is 11.4 Å². The zero-order chi connectivity index (χ0) is 14.5. The lowest BCUT2D eigenvalue weighted by atomic mass is 10.2. The van der Waals surface area contributed by atoms with Crippen LogP contribution >= 0.6 is 27.5 Å². The van der Waals surface area contributed by atoms with E-state index in [0.29, 0.717) is 5.02 Å². The largest absolute Gasteiger partial charge is 0.374 e. The van der Waals surface area contributed by atoms with Crippen LogP contribution in [0.1, 0.15) is 6.92 Å². The monoisotopic (exact) mass is 352 g/mol. The van der Waals surface area contributed by atoms with Gasteiger partial charge in [0.2, 0.25) is 5.91 Å². The fraction of sp³-hybridized carbons (Fsp3) is 0.133. The van der Waals surface area contributed by atoms with Crippen molar-refractivity contribution in [1.82, 2.24) is 0 Å². The minimum atomic E-state index is -0.347. The number of rotatable bonds is 4. The van der Waals surface area contributed by atoms with Gasteiger partial charge in [-0.1, -0.05) is 27.5 Å². The van der Waals surface area contributed by atoms with Gasteiger partial charge in [-0.05, 0) is 55.5 Å². The summed E-state index contributed by atoms with van der Waals surface area (Å²) in [4.78, 5) is 12.1. The molecule has 20 heavy (non-hydrogen) atoms. The van der Waals surface area contributed by atoms with Crippen LogP contribution in [0, 0.1) is 0 Å². The Balaban J connectivity index is 1.94. The number of hydrogen-bond acceptors (Lipinski definition) is 2. The summed E-state index contributed by atoms with van der Waals surface area (Å²) in [5.41, 5.74) is 1.62. The van der Waals surface area contributed by atoms with Crippen molar-refractivity contribution in [3.63, 3.8) is 0 Å². The van der Waals surface area contributed by atoms with Gasteiger partial charge in [0.05, 0.1) is 0 Å². The number of carbonyl (C=O) groups excluding carboxylic acids is 1. The zero-order valence-corrected chi connectivity index (χ0v) is 13.2. The predicted molar refractivity (Wildman–Crippen MR) is 87.3 cm³/mol. The van der Waals surface area contributed by atoms with Crippen LogP contribution in [0.2, 0.25) is 5.02 Å². The van der Waals surface area contributed by atoms with Gasteiger partial charge in [0, 0.05) is 20.9 Å². The molecule has 0 saturated carbocycles. The Morgan fingerprint density at radius 3 is 2.20 bits per heavy atom. The molecule has 0 unspecified atom stereocenters. The number of hydrogen-bond donors (Lipinski definition) is 2. The van der Waals surface area contributed by atoms with Crippen LogP contribution in [-0.2, 0) is 4.79 Å². The Kier molecular flexibility index (Phi) is 5.04. The van der Waals surface area contributed by atoms with Crippen molar-refractivity contribution >= 4 is 44.8 Å². The molecule has 0 heterocycles. The molecule has 2 aromatic rings. The van der Waals surface area contributed by atoms with E-state index < -0.39 is 0 Å². The Labute approximate surface area is 131 Å². The number of anilines is 2.